The molecule has 0 radical (unpaired) electrons. The van der Waals surface area contributed by atoms with E-state index in [-0.39, 0.29) is 21.5 Å². The fourth-order valence-corrected chi connectivity index (χ4v) is 3.52. The fourth-order valence-electron chi connectivity index (χ4n) is 2.28. The van der Waals surface area contributed by atoms with E-state index in [1.807, 2.05) is 0 Å². The van der Waals surface area contributed by atoms with Gasteiger partial charge in [0.25, 0.3) is 0 Å². The number of benzene rings is 1. The maximum absolute atomic E-state index is 13.8. The summed E-state index contributed by atoms with van der Waals surface area (Å²) < 4.78 is 224. The number of thiocarbonyl (C=S) groups is 1. The van der Waals surface area contributed by atoms with E-state index < -0.39 is 59.8 Å². The number of halogens is 17. The molecule has 0 saturated carbocycles. The maximum Gasteiger partial charge on any atom is 0.460 e. The van der Waals surface area contributed by atoms with Crippen molar-refractivity contribution < 1.29 is 74.6 Å². The van der Waals surface area contributed by atoms with Gasteiger partial charge < -0.3 is 0 Å². The van der Waals surface area contributed by atoms with Gasteiger partial charge in [0.15, 0.2) is 0 Å². The zero-order valence-electron chi connectivity index (χ0n) is 16.5. The zero-order valence-corrected chi connectivity index (χ0v) is 18.2. The first-order valence-electron chi connectivity index (χ1n) is 8.67. The molecule has 1 aromatic carbocycles. The second-order valence-corrected chi connectivity index (χ2v) is 8.67. The van der Waals surface area contributed by atoms with Crippen molar-refractivity contribution in [2.75, 3.05) is 5.75 Å². The van der Waals surface area contributed by atoms with Crippen molar-refractivity contribution in [3.63, 3.8) is 0 Å². The highest BCUT2D eigenvalue weighted by atomic mass is 32.2. The average Bonchev–Trinajstić information content (AvgIpc) is 2.72. The van der Waals surface area contributed by atoms with Gasteiger partial charge in [-0.2, -0.15) is 74.6 Å². The highest BCUT2D eigenvalue weighted by molar-refractivity contribution is 8.23. The topological polar surface area (TPSA) is 0 Å². The summed E-state index contributed by atoms with van der Waals surface area (Å²) in [6.07, 6.45) is -10.3. The molecule has 0 unspecified atom stereocenters. The van der Waals surface area contributed by atoms with Crippen LogP contribution in [0.25, 0.3) is 0 Å². The first kappa shape index (κ1) is 32.5. The Hall–Kier alpha value is -1.53. The van der Waals surface area contributed by atoms with Crippen molar-refractivity contribution in [2.45, 2.75) is 54.1 Å². The number of alkyl halides is 17. The van der Waals surface area contributed by atoms with Crippen LogP contribution in [0.1, 0.15) is 12.0 Å². The van der Waals surface area contributed by atoms with Gasteiger partial charge in [0, 0.05) is 12.2 Å². The zero-order chi connectivity index (χ0) is 28.8. The van der Waals surface area contributed by atoms with E-state index in [2.05, 4.69) is 0 Å². The molecule has 19 heteroatoms. The molecule has 0 atom stereocenters. The van der Waals surface area contributed by atoms with Gasteiger partial charge >= 0.3 is 47.6 Å². The molecule has 0 heterocycles. The first-order chi connectivity index (χ1) is 15.7. The number of hydrogen-bond acceptors (Lipinski definition) is 2. The van der Waals surface area contributed by atoms with E-state index in [4.69, 9.17) is 12.2 Å². The molecule has 0 aromatic heterocycles. The first-order valence-corrected chi connectivity index (χ1v) is 10.1. The Bertz CT molecular complexity index is 921. The molecule has 36 heavy (non-hydrogen) atoms. The SMILES string of the molecule is FC(F)(F)C(F)(F)C(F)(F)C(F)(F)C(F)(F)C(F)(F)C(F)(F)C(F)(F)CCSC(=S)c1ccccc1. The lowest BCUT2D eigenvalue weighted by Crippen LogP contribution is -2.74. The molecule has 0 aliphatic carbocycles. The lowest BCUT2D eigenvalue weighted by molar-refractivity contribution is -0.461. The van der Waals surface area contributed by atoms with Crippen molar-refractivity contribution in [1.29, 1.82) is 0 Å². The van der Waals surface area contributed by atoms with Gasteiger partial charge in [-0.15, -0.1) is 11.8 Å². The smallest absolute Gasteiger partial charge is 0.200 e. The highest BCUT2D eigenvalue weighted by Gasteiger charge is 2.95. The van der Waals surface area contributed by atoms with Gasteiger partial charge in [-0.25, -0.2) is 0 Å². The van der Waals surface area contributed by atoms with E-state index in [1.165, 1.54) is 30.3 Å². The normalized spacial score (nSPS) is 15.2. The van der Waals surface area contributed by atoms with Crippen molar-refractivity contribution in [1.82, 2.24) is 0 Å². The molecule has 208 valence electrons. The average molecular weight is 600 g/mol. The van der Waals surface area contributed by atoms with Crippen molar-refractivity contribution >= 4 is 28.2 Å². The molecule has 0 nitrogen and oxygen atoms in total. The van der Waals surface area contributed by atoms with E-state index >= 15 is 0 Å². The Morgan fingerprint density at radius 1 is 0.556 bits per heavy atom. The van der Waals surface area contributed by atoms with Crippen LogP contribution in [-0.4, -0.2) is 57.6 Å². The van der Waals surface area contributed by atoms with Gasteiger partial charge in [-0.1, -0.05) is 42.5 Å². The van der Waals surface area contributed by atoms with Crippen LogP contribution >= 0.6 is 24.0 Å². The minimum Gasteiger partial charge on any atom is -0.200 e. The van der Waals surface area contributed by atoms with Crippen molar-refractivity contribution in [3.8, 4) is 0 Å². The van der Waals surface area contributed by atoms with Crippen molar-refractivity contribution in [3.05, 3.63) is 35.9 Å². The van der Waals surface area contributed by atoms with Crippen LogP contribution in [0.3, 0.4) is 0 Å². The third kappa shape index (κ3) is 4.97. The van der Waals surface area contributed by atoms with Gasteiger partial charge in [0.2, 0.25) is 0 Å². The fraction of sp³-hybridized carbons (Fsp3) is 0.588. The van der Waals surface area contributed by atoms with Crippen LogP contribution < -0.4 is 0 Å². The summed E-state index contributed by atoms with van der Waals surface area (Å²) in [5.74, 6) is -57.6. The van der Waals surface area contributed by atoms with Crippen LogP contribution in [0.15, 0.2) is 30.3 Å². The highest BCUT2D eigenvalue weighted by Crippen LogP contribution is 2.64. The lowest BCUT2D eigenvalue weighted by atomic mass is 9.88. The molecule has 0 aliphatic heterocycles. The number of hydrogen-bond donors (Lipinski definition) is 0. The second kappa shape index (κ2) is 9.65. The lowest BCUT2D eigenvalue weighted by Gasteiger charge is -2.42. The quantitative estimate of drug-likeness (QED) is 0.195. The van der Waals surface area contributed by atoms with Crippen LogP contribution in [0.2, 0.25) is 0 Å². The molecule has 1 rings (SSSR count). The molecule has 0 saturated heterocycles. The molecule has 1 aromatic rings. The van der Waals surface area contributed by atoms with Crippen LogP contribution in [0.4, 0.5) is 74.6 Å². The predicted octanol–water partition coefficient (Wildman–Crippen LogP) is 8.49. The minimum absolute atomic E-state index is 0.0999. The van der Waals surface area contributed by atoms with Gasteiger partial charge in [0.05, 0.1) is 4.20 Å². The Balaban J connectivity index is 3.30. The number of rotatable bonds is 10. The Morgan fingerprint density at radius 3 is 1.31 bits per heavy atom. The van der Waals surface area contributed by atoms with Crippen molar-refractivity contribution in [2.24, 2.45) is 0 Å². The minimum atomic E-state index is -8.62. The van der Waals surface area contributed by atoms with E-state index in [0.717, 1.165) is 0 Å². The van der Waals surface area contributed by atoms with E-state index in [0.29, 0.717) is 0 Å². The molecule has 0 bridgehead atoms. The largest absolute Gasteiger partial charge is 0.460 e. The summed E-state index contributed by atoms with van der Waals surface area (Å²) in [7, 11) is 0. The summed E-state index contributed by atoms with van der Waals surface area (Å²) in [5, 5.41) is 0. The molecule has 0 spiro atoms. The van der Waals surface area contributed by atoms with Crippen LogP contribution in [0, 0.1) is 0 Å². The molecule has 0 N–H and O–H groups in total. The number of thioether (sulfide) groups is 1. The molecular weight excluding hydrogens is 591 g/mol. The van der Waals surface area contributed by atoms with Gasteiger partial charge in [0.1, 0.15) is 0 Å². The van der Waals surface area contributed by atoms with E-state index in [9.17, 15) is 74.6 Å². The summed E-state index contributed by atoms with van der Waals surface area (Å²) in [5.41, 5.74) is 0.122. The summed E-state index contributed by atoms with van der Waals surface area (Å²) in [6, 6.07) is 6.74. The Kier molecular flexibility index (Phi) is 8.71. The Labute approximate surface area is 199 Å². The summed E-state index contributed by atoms with van der Waals surface area (Å²) in [6.45, 7) is 0. The summed E-state index contributed by atoms with van der Waals surface area (Å²) >= 11 is 4.81. The molecular formula is C17H9F17S2. The molecule has 0 aliphatic rings. The van der Waals surface area contributed by atoms with E-state index in [1.54, 1.807) is 0 Å². The third-order valence-electron chi connectivity index (χ3n) is 4.45. The Morgan fingerprint density at radius 2 is 0.917 bits per heavy atom. The monoisotopic (exact) mass is 600 g/mol. The third-order valence-corrected chi connectivity index (χ3v) is 5.94. The summed E-state index contributed by atoms with van der Waals surface area (Å²) in [4.78, 5) is 0. The standard InChI is InChI=1S/C17H9F17S2/c18-10(19,6-7-36-9(35)8-4-2-1-3-5-8)11(20,21)12(22,23)13(24,25)14(26,27)15(28,29)16(30,31)17(32,33)34/h1-5H,6-7H2. The van der Waals surface area contributed by atoms with Gasteiger partial charge in [-0.05, 0) is 5.56 Å². The van der Waals surface area contributed by atoms with Crippen LogP contribution in [0.5, 0.6) is 0 Å². The van der Waals surface area contributed by atoms with Gasteiger partial charge in [-0.3, -0.25) is 0 Å². The molecule has 0 fully saturated rings. The second-order valence-electron chi connectivity index (χ2n) is 6.90. The predicted molar refractivity (Wildman–Crippen MR) is 95.9 cm³/mol. The molecule has 0 amide bonds. The van der Waals surface area contributed by atoms with Crippen LogP contribution in [-0.2, 0) is 0 Å². The maximum atomic E-state index is 13.8.